The van der Waals surface area contributed by atoms with Gasteiger partial charge in [-0.25, -0.2) is 0 Å². The topological polar surface area (TPSA) is 95.5 Å². The maximum Gasteiger partial charge on any atom is 0.261 e. The summed E-state index contributed by atoms with van der Waals surface area (Å²) in [4.78, 5) is 37.6. The van der Waals surface area contributed by atoms with Crippen LogP contribution in [-0.2, 0) is 15.2 Å². The number of carbonyl (C=O) groups excluding carboxylic acids is 3. The molecular formula is C24H26N2O4. The largest absolute Gasteiger partial charge is 0.375 e. The van der Waals surface area contributed by atoms with Crippen LogP contribution in [0.3, 0.4) is 0 Å². The SMILES string of the molecule is Cc1ccc2c(c1)C(O)(CC(=O)c1ccc(NC(=O)C3CCCCC3)cc1)C(=O)N2. The minimum Gasteiger partial charge on any atom is -0.375 e. The Morgan fingerprint density at radius 1 is 1.10 bits per heavy atom. The van der Waals surface area contributed by atoms with Gasteiger partial charge >= 0.3 is 0 Å². The molecule has 0 saturated heterocycles. The van der Waals surface area contributed by atoms with Crippen LogP contribution in [0.1, 0.15) is 60.0 Å². The molecule has 1 unspecified atom stereocenters. The van der Waals surface area contributed by atoms with E-state index in [9.17, 15) is 19.5 Å². The van der Waals surface area contributed by atoms with Crippen LogP contribution >= 0.6 is 0 Å². The van der Waals surface area contributed by atoms with Crippen molar-refractivity contribution in [1.29, 1.82) is 0 Å². The molecule has 0 radical (unpaired) electrons. The maximum absolute atomic E-state index is 12.8. The molecule has 2 aromatic carbocycles. The van der Waals surface area contributed by atoms with Crippen LogP contribution in [0.5, 0.6) is 0 Å². The van der Waals surface area contributed by atoms with Gasteiger partial charge in [0.1, 0.15) is 0 Å². The summed E-state index contributed by atoms with van der Waals surface area (Å²) in [5.74, 6) is -0.851. The third kappa shape index (κ3) is 3.87. The molecule has 156 valence electrons. The third-order valence-electron chi connectivity index (χ3n) is 6.11. The minimum absolute atomic E-state index is 0.0256. The molecule has 4 rings (SSSR count). The first-order valence-electron chi connectivity index (χ1n) is 10.5. The molecular weight excluding hydrogens is 380 g/mol. The molecule has 3 N–H and O–H groups in total. The average Bonchev–Trinajstić information content (AvgIpc) is 2.99. The van der Waals surface area contributed by atoms with Gasteiger partial charge in [-0.2, -0.15) is 0 Å². The Balaban J connectivity index is 1.45. The van der Waals surface area contributed by atoms with Gasteiger partial charge in [-0.05, 0) is 50.1 Å². The molecule has 1 heterocycles. The van der Waals surface area contributed by atoms with Crippen molar-refractivity contribution in [1.82, 2.24) is 0 Å². The van der Waals surface area contributed by atoms with E-state index in [0.29, 0.717) is 22.5 Å². The number of hydrogen-bond donors (Lipinski definition) is 3. The lowest BCUT2D eigenvalue weighted by atomic mass is 9.87. The van der Waals surface area contributed by atoms with E-state index < -0.39 is 11.5 Å². The standard InChI is InChI=1S/C24H26N2O4/c1-15-7-12-20-19(13-15)24(30,23(29)26-20)14-21(27)16-8-10-18(11-9-16)25-22(28)17-5-3-2-4-6-17/h7-13,17,30H,2-6,14H2,1H3,(H,25,28)(H,26,29). The van der Waals surface area contributed by atoms with Gasteiger partial charge in [0.05, 0.1) is 6.42 Å². The van der Waals surface area contributed by atoms with Crippen molar-refractivity contribution in [3.63, 3.8) is 0 Å². The van der Waals surface area contributed by atoms with Crippen molar-refractivity contribution in [2.24, 2.45) is 5.92 Å². The highest BCUT2D eigenvalue weighted by atomic mass is 16.3. The summed E-state index contributed by atoms with van der Waals surface area (Å²) >= 11 is 0. The summed E-state index contributed by atoms with van der Waals surface area (Å²) in [5.41, 5.74) is 0.994. The summed E-state index contributed by atoms with van der Waals surface area (Å²) < 4.78 is 0. The van der Waals surface area contributed by atoms with Crippen LogP contribution in [0.4, 0.5) is 11.4 Å². The molecule has 2 aromatic rings. The molecule has 6 nitrogen and oxygen atoms in total. The van der Waals surface area contributed by atoms with Gasteiger partial charge in [-0.1, -0.05) is 37.0 Å². The van der Waals surface area contributed by atoms with Crippen molar-refractivity contribution in [3.8, 4) is 0 Å². The van der Waals surface area contributed by atoms with Crippen molar-refractivity contribution in [3.05, 3.63) is 59.2 Å². The summed E-state index contributed by atoms with van der Waals surface area (Å²) in [5, 5.41) is 16.6. The fourth-order valence-corrected chi connectivity index (χ4v) is 4.32. The number of nitrogens with one attached hydrogen (secondary N) is 2. The molecule has 0 bridgehead atoms. The number of fused-ring (bicyclic) bond motifs is 1. The predicted molar refractivity (Wildman–Crippen MR) is 114 cm³/mol. The molecule has 1 fully saturated rings. The smallest absolute Gasteiger partial charge is 0.261 e. The van der Waals surface area contributed by atoms with E-state index in [1.807, 2.05) is 13.0 Å². The van der Waals surface area contributed by atoms with E-state index in [1.165, 1.54) is 6.42 Å². The number of carbonyl (C=O) groups is 3. The molecule has 2 aliphatic rings. The molecule has 1 aliphatic heterocycles. The van der Waals surface area contributed by atoms with Gasteiger partial charge in [0.25, 0.3) is 5.91 Å². The number of amides is 2. The van der Waals surface area contributed by atoms with Crippen LogP contribution < -0.4 is 10.6 Å². The lowest BCUT2D eigenvalue weighted by molar-refractivity contribution is -0.133. The number of ketones is 1. The van der Waals surface area contributed by atoms with Gasteiger partial charge in [-0.15, -0.1) is 0 Å². The van der Waals surface area contributed by atoms with Crippen LogP contribution in [0, 0.1) is 12.8 Å². The maximum atomic E-state index is 12.8. The van der Waals surface area contributed by atoms with Crippen LogP contribution in [-0.4, -0.2) is 22.7 Å². The van der Waals surface area contributed by atoms with Crippen molar-refractivity contribution >= 4 is 29.0 Å². The number of hydrogen-bond acceptors (Lipinski definition) is 4. The van der Waals surface area contributed by atoms with Crippen LogP contribution in [0.15, 0.2) is 42.5 Å². The van der Waals surface area contributed by atoms with Crippen molar-refractivity contribution in [2.75, 3.05) is 10.6 Å². The quantitative estimate of drug-likeness (QED) is 0.656. The molecule has 2 amide bonds. The van der Waals surface area contributed by atoms with Gasteiger partial charge < -0.3 is 15.7 Å². The lowest BCUT2D eigenvalue weighted by Crippen LogP contribution is -2.36. The first-order chi connectivity index (χ1) is 14.4. The fourth-order valence-electron chi connectivity index (χ4n) is 4.32. The Bertz CT molecular complexity index is 993. The monoisotopic (exact) mass is 406 g/mol. The predicted octanol–water partition coefficient (Wildman–Crippen LogP) is 3.93. The first kappa shape index (κ1) is 20.3. The van der Waals surface area contributed by atoms with E-state index in [-0.39, 0.29) is 24.0 Å². The molecule has 1 atom stereocenters. The average molecular weight is 406 g/mol. The summed E-state index contributed by atoms with van der Waals surface area (Å²) in [6.45, 7) is 1.87. The fraction of sp³-hybridized carbons (Fsp3) is 0.375. The highest BCUT2D eigenvalue weighted by Gasteiger charge is 2.46. The summed E-state index contributed by atoms with van der Waals surface area (Å²) in [6.07, 6.45) is 4.86. The zero-order valence-corrected chi connectivity index (χ0v) is 17.0. The molecule has 6 heteroatoms. The van der Waals surface area contributed by atoms with E-state index in [2.05, 4.69) is 10.6 Å². The Kier molecular flexibility index (Phi) is 5.43. The Labute approximate surface area is 175 Å². The number of aliphatic hydroxyl groups is 1. The number of benzene rings is 2. The Morgan fingerprint density at radius 2 is 1.80 bits per heavy atom. The molecule has 1 aliphatic carbocycles. The highest BCUT2D eigenvalue weighted by Crippen LogP contribution is 2.39. The van der Waals surface area contributed by atoms with Crippen LogP contribution in [0.2, 0.25) is 0 Å². The zero-order chi connectivity index (χ0) is 21.3. The third-order valence-corrected chi connectivity index (χ3v) is 6.11. The number of anilines is 2. The van der Waals surface area contributed by atoms with Gasteiger partial charge in [-0.3, -0.25) is 14.4 Å². The van der Waals surface area contributed by atoms with E-state index in [4.69, 9.17) is 0 Å². The number of aryl methyl sites for hydroxylation is 1. The van der Waals surface area contributed by atoms with Crippen molar-refractivity contribution in [2.45, 2.75) is 51.0 Å². The Morgan fingerprint density at radius 3 is 2.50 bits per heavy atom. The summed E-state index contributed by atoms with van der Waals surface area (Å²) in [6, 6.07) is 11.9. The first-order valence-corrected chi connectivity index (χ1v) is 10.5. The molecule has 0 aromatic heterocycles. The number of Topliss-reactive ketones (excluding diaryl/α,β-unsaturated/α-hetero) is 1. The van der Waals surface area contributed by atoms with Gasteiger partial charge in [0.15, 0.2) is 11.4 Å². The zero-order valence-electron chi connectivity index (χ0n) is 17.0. The Hall–Kier alpha value is -2.99. The molecule has 30 heavy (non-hydrogen) atoms. The minimum atomic E-state index is -1.88. The highest BCUT2D eigenvalue weighted by molar-refractivity contribution is 6.09. The molecule has 1 saturated carbocycles. The number of rotatable bonds is 5. The van der Waals surface area contributed by atoms with Crippen molar-refractivity contribution < 1.29 is 19.5 Å². The molecule has 0 spiro atoms. The van der Waals surface area contributed by atoms with Crippen LogP contribution in [0.25, 0.3) is 0 Å². The van der Waals surface area contributed by atoms with Gasteiger partial charge in [0.2, 0.25) is 5.91 Å². The normalized spacial score (nSPS) is 21.1. The van der Waals surface area contributed by atoms with Gasteiger partial charge in [0, 0.05) is 28.4 Å². The second kappa shape index (κ2) is 8.03. The van der Waals surface area contributed by atoms with E-state index >= 15 is 0 Å². The van der Waals surface area contributed by atoms with E-state index in [0.717, 1.165) is 31.2 Å². The lowest BCUT2D eigenvalue weighted by Gasteiger charge is -2.21. The second-order valence-corrected chi connectivity index (χ2v) is 8.36. The van der Waals surface area contributed by atoms with E-state index in [1.54, 1.807) is 36.4 Å². The summed E-state index contributed by atoms with van der Waals surface area (Å²) in [7, 11) is 0. The second-order valence-electron chi connectivity index (χ2n) is 8.36.